The first-order valence-electron chi connectivity index (χ1n) is 7.68. The molecule has 1 unspecified atom stereocenters. The zero-order chi connectivity index (χ0) is 17.6. The standard InChI is InChI=1S/C18H13FN4O2/c19-11-6-2-4-8-13(11)23-9-14(24)15(16(23)20)17-21-12-7-3-1-5-10(12)18(25)22-17/h1-8,15,20H,9H2,(H,21,22,25). The number of carbonyl (C=O) groups is 1. The molecule has 2 aromatic carbocycles. The molecule has 1 fully saturated rings. The fourth-order valence-electron chi connectivity index (χ4n) is 3.05. The molecule has 2 heterocycles. The summed E-state index contributed by atoms with van der Waals surface area (Å²) in [7, 11) is 0. The van der Waals surface area contributed by atoms with E-state index >= 15 is 0 Å². The van der Waals surface area contributed by atoms with Crippen LogP contribution in [0.5, 0.6) is 0 Å². The van der Waals surface area contributed by atoms with Gasteiger partial charge in [-0.2, -0.15) is 0 Å². The molecule has 25 heavy (non-hydrogen) atoms. The summed E-state index contributed by atoms with van der Waals surface area (Å²) >= 11 is 0. The first kappa shape index (κ1) is 15.2. The summed E-state index contributed by atoms with van der Waals surface area (Å²) in [6, 6.07) is 12.7. The molecule has 1 saturated heterocycles. The predicted octanol–water partition coefficient (Wildman–Crippen LogP) is 2.21. The quantitative estimate of drug-likeness (QED) is 0.751. The molecule has 0 spiro atoms. The van der Waals surface area contributed by atoms with E-state index in [1.54, 1.807) is 36.4 Å². The van der Waals surface area contributed by atoms with Crippen LogP contribution < -0.4 is 10.5 Å². The fraction of sp³-hybridized carbons (Fsp3) is 0.111. The molecule has 3 aromatic rings. The van der Waals surface area contributed by atoms with Gasteiger partial charge in [-0.25, -0.2) is 9.37 Å². The molecule has 0 radical (unpaired) electrons. The van der Waals surface area contributed by atoms with Crippen molar-refractivity contribution in [1.29, 1.82) is 5.41 Å². The number of carbonyl (C=O) groups excluding carboxylic acids is 1. The fourth-order valence-corrected chi connectivity index (χ4v) is 3.05. The van der Waals surface area contributed by atoms with Gasteiger partial charge in [0.05, 0.1) is 23.1 Å². The summed E-state index contributed by atoms with van der Waals surface area (Å²) in [4.78, 5) is 32.9. The highest BCUT2D eigenvalue weighted by atomic mass is 19.1. The lowest BCUT2D eigenvalue weighted by Crippen LogP contribution is -2.28. The maximum atomic E-state index is 14.0. The number of anilines is 1. The number of Topliss-reactive ketones (excluding diaryl/α,β-unsaturated/α-hetero) is 1. The van der Waals surface area contributed by atoms with Gasteiger partial charge in [0.2, 0.25) is 0 Å². The topological polar surface area (TPSA) is 89.9 Å². The third-order valence-corrected chi connectivity index (χ3v) is 4.25. The van der Waals surface area contributed by atoms with Crippen LogP contribution in [0.4, 0.5) is 10.1 Å². The van der Waals surface area contributed by atoms with Gasteiger partial charge < -0.3 is 9.88 Å². The lowest BCUT2D eigenvalue weighted by molar-refractivity contribution is -0.117. The Bertz CT molecular complexity index is 1080. The van der Waals surface area contributed by atoms with Gasteiger partial charge >= 0.3 is 0 Å². The minimum Gasteiger partial charge on any atom is -0.319 e. The van der Waals surface area contributed by atoms with Crippen LogP contribution >= 0.6 is 0 Å². The zero-order valence-corrected chi connectivity index (χ0v) is 13.0. The summed E-state index contributed by atoms with van der Waals surface area (Å²) in [5.41, 5.74) is 0.239. The summed E-state index contributed by atoms with van der Waals surface area (Å²) in [5.74, 6) is -1.84. The summed E-state index contributed by atoms with van der Waals surface area (Å²) in [6.45, 7) is -0.138. The molecule has 2 N–H and O–H groups in total. The van der Waals surface area contributed by atoms with Gasteiger partial charge in [0.25, 0.3) is 5.56 Å². The smallest absolute Gasteiger partial charge is 0.258 e. The van der Waals surface area contributed by atoms with Crippen LogP contribution in [-0.4, -0.2) is 28.1 Å². The van der Waals surface area contributed by atoms with Gasteiger partial charge in [-0.1, -0.05) is 24.3 Å². The van der Waals surface area contributed by atoms with E-state index < -0.39 is 11.7 Å². The van der Waals surface area contributed by atoms with Gasteiger partial charge in [0.15, 0.2) is 5.78 Å². The molecule has 6 nitrogen and oxygen atoms in total. The van der Waals surface area contributed by atoms with Gasteiger partial charge in [0, 0.05) is 0 Å². The van der Waals surface area contributed by atoms with Crippen molar-refractivity contribution in [3.05, 3.63) is 70.5 Å². The number of para-hydroxylation sites is 2. The van der Waals surface area contributed by atoms with Crippen LogP contribution in [0.3, 0.4) is 0 Å². The van der Waals surface area contributed by atoms with E-state index in [0.717, 1.165) is 0 Å². The molecule has 1 aliphatic rings. The van der Waals surface area contributed by atoms with Crippen molar-refractivity contribution in [2.45, 2.75) is 5.92 Å². The van der Waals surface area contributed by atoms with E-state index in [0.29, 0.717) is 10.9 Å². The summed E-state index contributed by atoms with van der Waals surface area (Å²) in [6.07, 6.45) is 0. The number of halogens is 1. The number of benzene rings is 2. The lowest BCUT2D eigenvalue weighted by Gasteiger charge is -2.18. The van der Waals surface area contributed by atoms with Gasteiger partial charge in [-0.15, -0.1) is 0 Å². The number of fused-ring (bicyclic) bond motifs is 1. The second kappa shape index (κ2) is 5.62. The van der Waals surface area contributed by atoms with E-state index in [1.165, 1.54) is 17.0 Å². The van der Waals surface area contributed by atoms with Gasteiger partial charge in [-0.05, 0) is 24.3 Å². The number of nitrogens with one attached hydrogen (secondary N) is 2. The van der Waals surface area contributed by atoms with Crippen molar-refractivity contribution >= 4 is 28.2 Å². The first-order chi connectivity index (χ1) is 12.1. The predicted molar refractivity (Wildman–Crippen MR) is 91.6 cm³/mol. The average molecular weight is 336 g/mol. The number of ketones is 1. The number of hydrogen-bond donors (Lipinski definition) is 2. The van der Waals surface area contributed by atoms with E-state index in [1.807, 2.05) is 0 Å². The highest BCUT2D eigenvalue weighted by Gasteiger charge is 2.40. The molecular formula is C18H13FN4O2. The number of hydrogen-bond acceptors (Lipinski definition) is 4. The Morgan fingerprint density at radius 1 is 1.12 bits per heavy atom. The van der Waals surface area contributed by atoms with Crippen molar-refractivity contribution in [3.63, 3.8) is 0 Å². The molecule has 1 atom stereocenters. The molecule has 0 bridgehead atoms. The van der Waals surface area contributed by atoms with Crippen LogP contribution in [0.1, 0.15) is 11.7 Å². The van der Waals surface area contributed by atoms with Crippen LogP contribution in [0.2, 0.25) is 0 Å². The normalized spacial score (nSPS) is 17.5. The summed E-state index contributed by atoms with van der Waals surface area (Å²) < 4.78 is 14.0. The van der Waals surface area contributed by atoms with Crippen LogP contribution in [-0.2, 0) is 4.79 Å². The SMILES string of the molecule is N=C1C(c2nc3ccccc3c(=O)[nH]2)C(=O)CN1c1ccccc1F. The van der Waals surface area contributed by atoms with Crippen molar-refractivity contribution in [2.24, 2.45) is 0 Å². The van der Waals surface area contributed by atoms with Crippen LogP contribution in [0, 0.1) is 11.2 Å². The second-order valence-corrected chi connectivity index (χ2v) is 5.79. The highest BCUT2D eigenvalue weighted by molar-refractivity contribution is 6.22. The molecule has 1 aromatic heterocycles. The number of amidine groups is 1. The Labute approximate surface area is 141 Å². The van der Waals surface area contributed by atoms with E-state index in [2.05, 4.69) is 9.97 Å². The Morgan fingerprint density at radius 2 is 1.84 bits per heavy atom. The Morgan fingerprint density at radius 3 is 2.64 bits per heavy atom. The highest BCUT2D eigenvalue weighted by Crippen LogP contribution is 2.30. The van der Waals surface area contributed by atoms with Crippen molar-refractivity contribution in [3.8, 4) is 0 Å². The lowest BCUT2D eigenvalue weighted by atomic mass is 10.1. The van der Waals surface area contributed by atoms with Gasteiger partial charge in [0.1, 0.15) is 23.4 Å². The number of aromatic nitrogens is 2. The molecule has 0 aliphatic carbocycles. The minimum absolute atomic E-state index is 0.103. The Hall–Kier alpha value is -3.35. The van der Waals surface area contributed by atoms with Crippen molar-refractivity contribution < 1.29 is 9.18 Å². The largest absolute Gasteiger partial charge is 0.319 e. The number of H-pyrrole nitrogens is 1. The number of rotatable bonds is 2. The van der Waals surface area contributed by atoms with E-state index in [9.17, 15) is 14.0 Å². The molecule has 7 heteroatoms. The number of aromatic amines is 1. The maximum absolute atomic E-state index is 14.0. The third kappa shape index (κ3) is 2.40. The van der Waals surface area contributed by atoms with E-state index in [-0.39, 0.29) is 35.2 Å². The zero-order valence-electron chi connectivity index (χ0n) is 13.0. The third-order valence-electron chi connectivity index (χ3n) is 4.25. The van der Waals surface area contributed by atoms with Crippen LogP contribution in [0.15, 0.2) is 53.3 Å². The Kier molecular flexibility index (Phi) is 3.42. The molecule has 0 saturated carbocycles. The van der Waals surface area contributed by atoms with Crippen molar-refractivity contribution in [1.82, 2.24) is 9.97 Å². The number of nitrogens with zero attached hydrogens (tertiary/aromatic N) is 2. The summed E-state index contributed by atoms with van der Waals surface area (Å²) in [5, 5.41) is 8.73. The van der Waals surface area contributed by atoms with Crippen molar-refractivity contribution in [2.75, 3.05) is 11.4 Å². The average Bonchev–Trinajstić information content (AvgIpc) is 2.89. The molecule has 1 aliphatic heterocycles. The minimum atomic E-state index is -1.02. The monoisotopic (exact) mass is 336 g/mol. The Balaban J connectivity index is 1.79. The first-order valence-corrected chi connectivity index (χ1v) is 7.68. The molecule has 4 rings (SSSR count). The molecule has 0 amide bonds. The second-order valence-electron chi connectivity index (χ2n) is 5.79. The maximum Gasteiger partial charge on any atom is 0.258 e. The van der Waals surface area contributed by atoms with Crippen LogP contribution in [0.25, 0.3) is 10.9 Å². The molecular weight excluding hydrogens is 323 g/mol. The van der Waals surface area contributed by atoms with Gasteiger partial charge in [-0.3, -0.25) is 15.0 Å². The molecule has 124 valence electrons. The van der Waals surface area contributed by atoms with E-state index in [4.69, 9.17) is 5.41 Å².